The van der Waals surface area contributed by atoms with Gasteiger partial charge in [0, 0.05) is 17.4 Å². The lowest BCUT2D eigenvalue weighted by Gasteiger charge is -2.33. The Balaban J connectivity index is 1.56. The number of H-pyrrole nitrogens is 1. The van der Waals surface area contributed by atoms with E-state index in [0.29, 0.717) is 30.2 Å². The minimum Gasteiger partial charge on any atom is -0.350 e. The lowest BCUT2D eigenvalue weighted by Crippen LogP contribution is -2.57. The number of likely N-dealkylation sites (tertiary alicyclic amines) is 1. The molecule has 2 aromatic rings. The number of carbonyl (C=O) groups excluding carboxylic acids is 4. The summed E-state index contributed by atoms with van der Waals surface area (Å²) in [6.45, 7) is 10.1. The Morgan fingerprint density at radius 3 is 2.57 bits per heavy atom. The Hall–Kier alpha value is -3.23. The van der Waals surface area contributed by atoms with Crippen LogP contribution in [0, 0.1) is 29.0 Å². The second-order valence-electron chi connectivity index (χ2n) is 10.9. The summed E-state index contributed by atoms with van der Waals surface area (Å²) in [7, 11) is 0. The predicted molar refractivity (Wildman–Crippen MR) is 129 cm³/mol. The van der Waals surface area contributed by atoms with Gasteiger partial charge in [-0.3, -0.25) is 14.4 Å². The number of hydrogen-bond acceptors (Lipinski definition) is 4. The fourth-order valence-electron chi connectivity index (χ4n) is 5.53. The van der Waals surface area contributed by atoms with Crippen LogP contribution >= 0.6 is 0 Å². The molecule has 8 nitrogen and oxygen atoms in total. The van der Waals surface area contributed by atoms with Crippen molar-refractivity contribution in [1.82, 2.24) is 20.5 Å². The van der Waals surface area contributed by atoms with Crippen LogP contribution < -0.4 is 10.6 Å². The maximum absolute atomic E-state index is 14.1. The van der Waals surface area contributed by atoms with E-state index in [0.717, 1.165) is 0 Å². The fraction of sp³-hybridized carbons (Fsp3) is 0.538. The number of nitrogens with zero attached hydrogens (tertiary/aromatic N) is 1. The van der Waals surface area contributed by atoms with Crippen molar-refractivity contribution in [2.45, 2.75) is 59.2 Å². The summed E-state index contributed by atoms with van der Waals surface area (Å²) in [6, 6.07) is 3.78. The van der Waals surface area contributed by atoms with Crippen molar-refractivity contribution in [3.8, 4) is 0 Å². The van der Waals surface area contributed by atoms with Gasteiger partial charge in [0.1, 0.15) is 29.9 Å². The molecule has 188 valence electrons. The Bertz CT molecular complexity index is 1170. The summed E-state index contributed by atoms with van der Waals surface area (Å²) >= 11 is 0. The molecule has 3 N–H and O–H groups in total. The van der Waals surface area contributed by atoms with Gasteiger partial charge in [-0.25, -0.2) is 4.39 Å². The van der Waals surface area contributed by atoms with Gasteiger partial charge in [-0.15, -0.1) is 0 Å². The average molecular weight is 485 g/mol. The second kappa shape index (κ2) is 9.09. The largest absolute Gasteiger partial charge is 0.350 e. The standard InChI is InChI=1S/C26H33FN4O4/c1-13(2)9-20(30-23(33)19-10-15-17(27)7-6-8-18(15)29-19)25(35)31-11-16-21(26(16,4)5)22(31)24(34)28-14(3)12-32/h6-8,10,12-14,16,20-22,29H,9,11H2,1-5H3,(H,28,34)(H,30,33)/t14-,16-,20-,21-,22-/m0/s1. The van der Waals surface area contributed by atoms with E-state index in [1.54, 1.807) is 24.0 Å². The number of aromatic amines is 1. The average Bonchev–Trinajstić information content (AvgIpc) is 3.19. The third-order valence-electron chi connectivity index (χ3n) is 7.50. The molecule has 1 aliphatic carbocycles. The van der Waals surface area contributed by atoms with Gasteiger partial charge in [0.2, 0.25) is 11.8 Å². The van der Waals surface area contributed by atoms with Crippen LogP contribution in [-0.4, -0.2) is 58.6 Å². The van der Waals surface area contributed by atoms with Crippen LogP contribution in [0.4, 0.5) is 4.39 Å². The van der Waals surface area contributed by atoms with Gasteiger partial charge >= 0.3 is 0 Å². The zero-order valence-corrected chi connectivity index (χ0v) is 20.7. The van der Waals surface area contributed by atoms with Crippen LogP contribution in [0.5, 0.6) is 0 Å². The normalized spacial score (nSPS) is 24.1. The summed E-state index contributed by atoms with van der Waals surface area (Å²) in [5.41, 5.74) is 0.574. The molecule has 3 amide bonds. The van der Waals surface area contributed by atoms with Gasteiger partial charge in [0.05, 0.1) is 6.04 Å². The second-order valence-corrected chi connectivity index (χ2v) is 10.9. The smallest absolute Gasteiger partial charge is 0.268 e. The number of amides is 3. The van der Waals surface area contributed by atoms with Gasteiger partial charge in [-0.1, -0.05) is 33.8 Å². The number of aromatic nitrogens is 1. The van der Waals surface area contributed by atoms with E-state index in [1.165, 1.54) is 12.1 Å². The summed E-state index contributed by atoms with van der Waals surface area (Å²) < 4.78 is 14.1. The number of piperidine rings is 1. The highest BCUT2D eigenvalue weighted by Gasteiger charge is 2.69. The number of halogens is 1. The van der Waals surface area contributed by atoms with Crippen LogP contribution in [0.1, 0.15) is 51.5 Å². The Kier molecular flexibility index (Phi) is 6.46. The summed E-state index contributed by atoms with van der Waals surface area (Å²) in [5.74, 6) is -1.35. The first-order valence-electron chi connectivity index (χ1n) is 12.1. The molecule has 1 saturated carbocycles. The van der Waals surface area contributed by atoms with Crippen molar-refractivity contribution >= 4 is 34.9 Å². The van der Waals surface area contributed by atoms with Crippen molar-refractivity contribution in [1.29, 1.82) is 0 Å². The monoisotopic (exact) mass is 484 g/mol. The topological polar surface area (TPSA) is 111 Å². The van der Waals surface area contributed by atoms with Crippen LogP contribution in [-0.2, 0) is 14.4 Å². The quantitative estimate of drug-likeness (QED) is 0.500. The van der Waals surface area contributed by atoms with Gasteiger partial charge < -0.3 is 25.3 Å². The number of benzene rings is 1. The van der Waals surface area contributed by atoms with E-state index in [1.807, 2.05) is 13.8 Å². The molecule has 2 heterocycles. The molecule has 0 radical (unpaired) electrons. The molecular weight excluding hydrogens is 451 g/mol. The third kappa shape index (κ3) is 4.56. The molecule has 35 heavy (non-hydrogen) atoms. The molecular formula is C26H33FN4O4. The third-order valence-corrected chi connectivity index (χ3v) is 7.50. The summed E-state index contributed by atoms with van der Waals surface area (Å²) in [4.78, 5) is 55.4. The SMILES string of the molecule is CC(C)C[C@H](NC(=O)c1cc2c(F)cccc2[nH]1)C(=O)N1C[C@H]2[C@@H]([C@H]1C(=O)N[C@@H](C)C=O)C2(C)C. The first kappa shape index (κ1) is 24.9. The van der Waals surface area contributed by atoms with Crippen molar-refractivity contribution in [2.24, 2.45) is 23.2 Å². The van der Waals surface area contributed by atoms with Gasteiger partial charge in [0.25, 0.3) is 5.91 Å². The van der Waals surface area contributed by atoms with E-state index in [2.05, 4.69) is 29.5 Å². The molecule has 1 aromatic heterocycles. The highest BCUT2D eigenvalue weighted by Crippen LogP contribution is 2.64. The first-order valence-corrected chi connectivity index (χ1v) is 12.1. The molecule has 2 fully saturated rings. The van der Waals surface area contributed by atoms with E-state index >= 15 is 0 Å². The minimum absolute atomic E-state index is 0.00242. The molecule has 0 unspecified atom stereocenters. The Labute approximate surface area is 204 Å². The van der Waals surface area contributed by atoms with Crippen LogP contribution in [0.25, 0.3) is 10.9 Å². The summed E-state index contributed by atoms with van der Waals surface area (Å²) in [6.07, 6.45) is 1.03. The van der Waals surface area contributed by atoms with Crippen molar-refractivity contribution in [2.75, 3.05) is 6.54 Å². The van der Waals surface area contributed by atoms with E-state index in [9.17, 15) is 23.6 Å². The zero-order chi connectivity index (χ0) is 25.7. The van der Waals surface area contributed by atoms with Crippen molar-refractivity contribution in [3.05, 3.63) is 35.8 Å². The maximum Gasteiger partial charge on any atom is 0.268 e. The Morgan fingerprint density at radius 1 is 1.23 bits per heavy atom. The number of aldehydes is 1. The molecule has 0 bridgehead atoms. The molecule has 1 aromatic carbocycles. The van der Waals surface area contributed by atoms with Crippen LogP contribution in [0.3, 0.4) is 0 Å². The van der Waals surface area contributed by atoms with Gasteiger partial charge in [0.15, 0.2) is 0 Å². The lowest BCUT2D eigenvalue weighted by atomic mass is 9.97. The zero-order valence-electron chi connectivity index (χ0n) is 20.7. The van der Waals surface area contributed by atoms with E-state index in [-0.39, 0.29) is 40.7 Å². The van der Waals surface area contributed by atoms with Gasteiger partial charge in [-0.2, -0.15) is 0 Å². The summed E-state index contributed by atoms with van der Waals surface area (Å²) in [5, 5.41) is 5.80. The molecule has 5 atom stereocenters. The molecule has 0 spiro atoms. The molecule has 1 aliphatic heterocycles. The number of hydrogen-bond donors (Lipinski definition) is 3. The highest BCUT2D eigenvalue weighted by molar-refractivity contribution is 6.01. The minimum atomic E-state index is -0.849. The van der Waals surface area contributed by atoms with Crippen molar-refractivity contribution < 1.29 is 23.6 Å². The predicted octanol–water partition coefficient (Wildman–Crippen LogP) is 2.64. The molecule has 4 rings (SSSR count). The van der Waals surface area contributed by atoms with Gasteiger partial charge in [-0.05, 0) is 54.7 Å². The molecule has 2 aliphatic rings. The lowest BCUT2D eigenvalue weighted by molar-refractivity contribution is -0.142. The van der Waals surface area contributed by atoms with Crippen LogP contribution in [0.15, 0.2) is 24.3 Å². The van der Waals surface area contributed by atoms with Crippen molar-refractivity contribution in [3.63, 3.8) is 0 Å². The number of rotatable bonds is 8. The number of nitrogens with one attached hydrogen (secondary N) is 3. The molecule has 1 saturated heterocycles. The maximum atomic E-state index is 14.1. The Morgan fingerprint density at radius 2 is 1.94 bits per heavy atom. The number of fused-ring (bicyclic) bond motifs is 2. The van der Waals surface area contributed by atoms with E-state index in [4.69, 9.17) is 0 Å². The highest BCUT2D eigenvalue weighted by atomic mass is 19.1. The number of carbonyl (C=O) groups is 4. The first-order chi connectivity index (χ1) is 16.4. The molecule has 9 heteroatoms. The fourth-order valence-corrected chi connectivity index (χ4v) is 5.53. The van der Waals surface area contributed by atoms with Crippen LogP contribution in [0.2, 0.25) is 0 Å². The van der Waals surface area contributed by atoms with E-state index < -0.39 is 29.8 Å².